The fraction of sp³-hybridized carbons (Fsp3) is 0.400. The van der Waals surface area contributed by atoms with Crippen LogP contribution in [0.5, 0.6) is 0 Å². The number of ether oxygens (including phenoxy) is 1. The summed E-state index contributed by atoms with van der Waals surface area (Å²) >= 11 is 1.54. The van der Waals surface area contributed by atoms with Crippen molar-refractivity contribution < 1.29 is 9.53 Å². The number of aryl methyl sites for hydroxylation is 1. The highest BCUT2D eigenvalue weighted by Crippen LogP contribution is 2.45. The fourth-order valence-electron chi connectivity index (χ4n) is 4.31. The van der Waals surface area contributed by atoms with Crippen LogP contribution in [0.25, 0.3) is 5.69 Å². The highest BCUT2D eigenvalue weighted by molar-refractivity contribution is 7.16. The summed E-state index contributed by atoms with van der Waals surface area (Å²) in [5, 5.41) is 3.72. The summed E-state index contributed by atoms with van der Waals surface area (Å²) in [5.41, 5.74) is 3.59. The van der Waals surface area contributed by atoms with Crippen LogP contribution in [-0.2, 0) is 17.6 Å². The van der Waals surface area contributed by atoms with Crippen LogP contribution < -0.4 is 5.56 Å². The summed E-state index contributed by atoms with van der Waals surface area (Å²) in [6.45, 7) is 8.64. The van der Waals surface area contributed by atoms with E-state index in [1.54, 1.807) is 17.6 Å². The molecule has 32 heavy (non-hydrogen) atoms. The molecule has 1 aromatic carbocycles. The van der Waals surface area contributed by atoms with Crippen molar-refractivity contribution in [3.8, 4) is 5.69 Å². The van der Waals surface area contributed by atoms with Crippen molar-refractivity contribution in [2.45, 2.75) is 47.0 Å². The van der Waals surface area contributed by atoms with Crippen molar-refractivity contribution in [3.63, 3.8) is 0 Å². The number of aliphatic imine (C=N–C) groups is 1. The topological polar surface area (TPSA) is 76.4 Å². The average Bonchev–Trinajstić information content (AvgIpc) is 3.27. The van der Waals surface area contributed by atoms with Crippen LogP contribution >= 0.6 is 11.3 Å². The van der Waals surface area contributed by atoms with Gasteiger partial charge in [-0.1, -0.05) is 39.0 Å². The predicted octanol–water partition coefficient (Wildman–Crippen LogP) is 5.22. The molecule has 1 atom stereocenters. The van der Waals surface area contributed by atoms with E-state index in [0.29, 0.717) is 22.0 Å². The van der Waals surface area contributed by atoms with Gasteiger partial charge in [0.1, 0.15) is 5.00 Å². The van der Waals surface area contributed by atoms with E-state index in [4.69, 9.17) is 4.74 Å². The highest BCUT2D eigenvalue weighted by Gasteiger charge is 2.34. The van der Waals surface area contributed by atoms with Gasteiger partial charge in [0.05, 0.1) is 23.9 Å². The van der Waals surface area contributed by atoms with Crippen LogP contribution in [0.2, 0.25) is 0 Å². The molecule has 0 spiro atoms. The molecule has 0 saturated carbocycles. The van der Waals surface area contributed by atoms with Crippen LogP contribution in [0, 0.1) is 18.3 Å². The summed E-state index contributed by atoms with van der Waals surface area (Å²) in [4.78, 5) is 31.4. The van der Waals surface area contributed by atoms with Gasteiger partial charge in [-0.05, 0) is 55.2 Å². The Labute approximate surface area is 191 Å². The second kappa shape index (κ2) is 8.54. The average molecular weight is 452 g/mol. The first kappa shape index (κ1) is 22.3. The summed E-state index contributed by atoms with van der Waals surface area (Å²) in [6, 6.07) is 9.41. The molecule has 0 bridgehead atoms. The number of H-pyrrole nitrogens is 1. The first-order valence-corrected chi connectivity index (χ1v) is 11.7. The molecule has 2 heterocycles. The third-order valence-electron chi connectivity index (χ3n) is 6.30. The zero-order valence-corrected chi connectivity index (χ0v) is 20.0. The Morgan fingerprint density at radius 1 is 1.28 bits per heavy atom. The number of aromatic amines is 1. The van der Waals surface area contributed by atoms with Crippen molar-refractivity contribution in [1.82, 2.24) is 9.78 Å². The number of hydrogen-bond donors (Lipinski definition) is 1. The van der Waals surface area contributed by atoms with Gasteiger partial charge in [0.2, 0.25) is 0 Å². The van der Waals surface area contributed by atoms with E-state index >= 15 is 0 Å². The quantitative estimate of drug-likeness (QED) is 0.436. The molecule has 2 aromatic heterocycles. The largest absolute Gasteiger partial charge is 0.465 e. The maximum Gasteiger partial charge on any atom is 0.341 e. The monoisotopic (exact) mass is 451 g/mol. The highest BCUT2D eigenvalue weighted by atomic mass is 32.1. The second-order valence-corrected chi connectivity index (χ2v) is 10.4. The van der Waals surface area contributed by atoms with E-state index in [1.807, 2.05) is 37.3 Å². The van der Waals surface area contributed by atoms with E-state index in [0.717, 1.165) is 36.2 Å². The molecule has 4 rings (SSSR count). The molecule has 0 saturated heterocycles. The number of esters is 1. The smallest absolute Gasteiger partial charge is 0.341 e. The minimum atomic E-state index is -0.364. The number of fused-ring (bicyclic) bond motifs is 1. The molecule has 0 aliphatic heterocycles. The lowest BCUT2D eigenvalue weighted by atomic mass is 9.72. The normalized spacial score (nSPS) is 16.3. The lowest BCUT2D eigenvalue weighted by Crippen LogP contribution is -2.26. The van der Waals surface area contributed by atoms with Gasteiger partial charge in [-0.25, -0.2) is 14.5 Å². The third kappa shape index (κ3) is 4.09. The first-order chi connectivity index (χ1) is 15.2. The molecular weight excluding hydrogens is 422 g/mol. The lowest BCUT2D eigenvalue weighted by molar-refractivity contribution is 0.0600. The summed E-state index contributed by atoms with van der Waals surface area (Å²) in [6.07, 6.45) is 4.39. The fourth-order valence-corrected chi connectivity index (χ4v) is 5.57. The van der Waals surface area contributed by atoms with Crippen molar-refractivity contribution in [2.24, 2.45) is 16.3 Å². The molecule has 3 aromatic rings. The van der Waals surface area contributed by atoms with Gasteiger partial charge in [0, 0.05) is 16.8 Å². The number of aromatic nitrogens is 2. The maximum absolute atomic E-state index is 13.0. The minimum Gasteiger partial charge on any atom is -0.465 e. The second-order valence-electron chi connectivity index (χ2n) is 9.37. The molecule has 0 fully saturated rings. The molecule has 6 nitrogen and oxygen atoms in total. The third-order valence-corrected chi connectivity index (χ3v) is 7.47. The Morgan fingerprint density at radius 3 is 2.66 bits per heavy atom. The van der Waals surface area contributed by atoms with Crippen molar-refractivity contribution in [1.29, 1.82) is 0 Å². The Hall–Kier alpha value is -2.93. The number of rotatable bonds is 4. The maximum atomic E-state index is 13.0. The summed E-state index contributed by atoms with van der Waals surface area (Å²) in [5.74, 6) is 0.192. The molecule has 1 N–H and O–H groups in total. The van der Waals surface area contributed by atoms with Gasteiger partial charge in [0.25, 0.3) is 5.56 Å². The molecule has 7 heteroatoms. The minimum absolute atomic E-state index is 0.175. The van der Waals surface area contributed by atoms with Crippen molar-refractivity contribution in [2.75, 3.05) is 7.11 Å². The Bertz CT molecular complexity index is 1230. The number of carbonyl (C=O) groups is 1. The Balaban J connectivity index is 1.73. The zero-order chi connectivity index (χ0) is 23.0. The molecule has 1 aliphatic carbocycles. The Morgan fingerprint density at radius 2 is 2.00 bits per heavy atom. The summed E-state index contributed by atoms with van der Waals surface area (Å²) < 4.78 is 6.58. The van der Waals surface area contributed by atoms with Gasteiger partial charge in [0.15, 0.2) is 0 Å². The van der Waals surface area contributed by atoms with Crippen molar-refractivity contribution >= 4 is 28.5 Å². The van der Waals surface area contributed by atoms with Crippen molar-refractivity contribution in [3.05, 3.63) is 67.9 Å². The van der Waals surface area contributed by atoms with Gasteiger partial charge in [-0.2, -0.15) is 0 Å². The van der Waals surface area contributed by atoms with Crippen LogP contribution in [0.4, 0.5) is 5.00 Å². The van der Waals surface area contributed by atoms with Gasteiger partial charge in [-0.3, -0.25) is 9.89 Å². The molecule has 168 valence electrons. The number of carbonyl (C=O) groups excluding carboxylic acids is 1. The van der Waals surface area contributed by atoms with Crippen LogP contribution in [0.15, 0.2) is 40.1 Å². The van der Waals surface area contributed by atoms with Crippen LogP contribution in [0.1, 0.15) is 59.2 Å². The number of thiophene rings is 1. The molecule has 0 unspecified atom stereocenters. The SMILES string of the molecule is COC(=O)c1c(N=Cc2c(C)[nH]n(-c3ccccc3)c2=O)sc2c1CC[C@@H](C(C)(C)C)C2. The number of nitrogens with one attached hydrogen (secondary N) is 1. The van der Waals surface area contributed by atoms with E-state index < -0.39 is 0 Å². The molecule has 0 radical (unpaired) electrons. The van der Waals surface area contributed by atoms with E-state index in [9.17, 15) is 9.59 Å². The van der Waals surface area contributed by atoms with Gasteiger partial charge in [-0.15, -0.1) is 11.3 Å². The number of benzene rings is 1. The first-order valence-electron chi connectivity index (χ1n) is 10.8. The molecule has 1 aliphatic rings. The number of methoxy groups -OCH3 is 1. The standard InChI is InChI=1S/C25H29N3O3S/c1-15-19(23(29)28(27-15)17-9-7-6-8-10-17)14-26-22-21(24(30)31-5)18-12-11-16(25(2,3)4)13-20(18)32-22/h6-10,14,16,27H,11-13H2,1-5H3/t16-/m1/s1. The zero-order valence-electron chi connectivity index (χ0n) is 19.2. The lowest BCUT2D eigenvalue weighted by Gasteiger charge is -2.33. The van der Waals surface area contributed by atoms with Gasteiger partial charge < -0.3 is 4.74 Å². The molecular formula is C25H29N3O3S. The van der Waals surface area contributed by atoms with Gasteiger partial charge >= 0.3 is 5.97 Å². The summed E-state index contributed by atoms with van der Waals surface area (Å²) in [7, 11) is 1.40. The van der Waals surface area contributed by atoms with E-state index in [2.05, 4.69) is 30.9 Å². The molecule has 0 amide bonds. The van der Waals surface area contributed by atoms with E-state index in [-0.39, 0.29) is 16.9 Å². The Kier molecular flexibility index (Phi) is 5.95. The number of para-hydroxylation sites is 1. The number of hydrogen-bond acceptors (Lipinski definition) is 5. The predicted molar refractivity (Wildman–Crippen MR) is 129 cm³/mol. The number of nitrogens with zero attached hydrogens (tertiary/aromatic N) is 2. The van der Waals surface area contributed by atoms with Crippen LogP contribution in [-0.4, -0.2) is 29.1 Å². The van der Waals surface area contributed by atoms with Crippen LogP contribution in [0.3, 0.4) is 0 Å². The van der Waals surface area contributed by atoms with E-state index in [1.165, 1.54) is 16.7 Å².